The molecule has 2 amide bonds. The number of hydrogen-bond acceptors (Lipinski definition) is 2. The van der Waals surface area contributed by atoms with Crippen molar-refractivity contribution in [3.8, 4) is 0 Å². The minimum atomic E-state index is -0.0371. The van der Waals surface area contributed by atoms with Gasteiger partial charge in [0.05, 0.1) is 0 Å². The molecule has 0 atom stereocenters. The molecule has 0 saturated carbocycles. The second-order valence-corrected chi connectivity index (χ2v) is 3.52. The third kappa shape index (κ3) is 2.10. The maximum absolute atomic E-state index is 11.4. The average Bonchev–Trinajstić information content (AvgIpc) is 2.66. The van der Waals surface area contributed by atoms with Gasteiger partial charge in [0.2, 0.25) is 0 Å². The third-order valence-electron chi connectivity index (χ3n) is 2.51. The van der Waals surface area contributed by atoms with Crippen molar-refractivity contribution in [2.24, 2.45) is 0 Å². The molecular weight excluding hydrogens is 192 g/mol. The maximum atomic E-state index is 11.4. The van der Waals surface area contributed by atoms with E-state index >= 15 is 0 Å². The lowest BCUT2D eigenvalue weighted by atomic mass is 10.1. The first-order valence-electron chi connectivity index (χ1n) is 5.06. The van der Waals surface area contributed by atoms with Crippen molar-refractivity contribution in [3.05, 3.63) is 29.8 Å². The minimum absolute atomic E-state index is 0.0371. The third-order valence-corrected chi connectivity index (χ3v) is 2.51. The summed E-state index contributed by atoms with van der Waals surface area (Å²) >= 11 is 0. The highest BCUT2D eigenvalue weighted by atomic mass is 16.3. The fraction of sp³-hybridized carbons (Fsp3) is 0.364. The van der Waals surface area contributed by atoms with Crippen LogP contribution in [0.3, 0.4) is 0 Å². The minimum Gasteiger partial charge on any atom is -0.396 e. The summed E-state index contributed by atoms with van der Waals surface area (Å²) in [7, 11) is 0. The summed E-state index contributed by atoms with van der Waals surface area (Å²) in [6.07, 6.45) is 0.659. The van der Waals surface area contributed by atoms with E-state index in [0.29, 0.717) is 13.0 Å². The molecule has 1 fully saturated rings. The zero-order valence-corrected chi connectivity index (χ0v) is 8.44. The smallest absolute Gasteiger partial charge is 0.321 e. The van der Waals surface area contributed by atoms with Gasteiger partial charge < -0.3 is 10.4 Å². The summed E-state index contributed by atoms with van der Waals surface area (Å²) in [5.41, 5.74) is 1.99. The normalized spacial score (nSPS) is 15.5. The summed E-state index contributed by atoms with van der Waals surface area (Å²) in [4.78, 5) is 13.1. The molecule has 0 bridgehead atoms. The van der Waals surface area contributed by atoms with Gasteiger partial charge in [-0.3, -0.25) is 4.90 Å². The molecule has 1 aromatic carbocycles. The van der Waals surface area contributed by atoms with Crippen molar-refractivity contribution in [3.63, 3.8) is 0 Å². The molecule has 2 N–H and O–H groups in total. The van der Waals surface area contributed by atoms with Gasteiger partial charge in [0.1, 0.15) is 0 Å². The van der Waals surface area contributed by atoms with E-state index in [1.807, 2.05) is 24.3 Å². The Morgan fingerprint density at radius 3 is 2.60 bits per heavy atom. The average molecular weight is 206 g/mol. The predicted octanol–water partition coefficient (Wildman–Crippen LogP) is 0.751. The molecule has 0 aliphatic carbocycles. The Labute approximate surface area is 88.5 Å². The number of nitrogens with one attached hydrogen (secondary N) is 1. The van der Waals surface area contributed by atoms with Gasteiger partial charge in [0.15, 0.2) is 0 Å². The Morgan fingerprint density at radius 1 is 1.33 bits per heavy atom. The van der Waals surface area contributed by atoms with Crippen molar-refractivity contribution >= 4 is 11.7 Å². The van der Waals surface area contributed by atoms with Gasteiger partial charge in [0, 0.05) is 25.4 Å². The van der Waals surface area contributed by atoms with Crippen LogP contribution in [0.1, 0.15) is 5.56 Å². The quantitative estimate of drug-likeness (QED) is 0.766. The second kappa shape index (κ2) is 4.31. The lowest BCUT2D eigenvalue weighted by molar-refractivity contribution is 0.252. The van der Waals surface area contributed by atoms with Gasteiger partial charge in [-0.15, -0.1) is 0 Å². The molecule has 0 aromatic heterocycles. The van der Waals surface area contributed by atoms with E-state index in [4.69, 9.17) is 5.11 Å². The predicted molar refractivity (Wildman–Crippen MR) is 58.0 cm³/mol. The van der Waals surface area contributed by atoms with Crippen molar-refractivity contribution in [1.29, 1.82) is 0 Å². The van der Waals surface area contributed by atoms with E-state index in [2.05, 4.69) is 5.32 Å². The summed E-state index contributed by atoms with van der Waals surface area (Å²) in [5.74, 6) is 0. The van der Waals surface area contributed by atoms with Crippen molar-refractivity contribution in [2.45, 2.75) is 6.42 Å². The Morgan fingerprint density at radius 2 is 2.07 bits per heavy atom. The van der Waals surface area contributed by atoms with Gasteiger partial charge in [-0.05, 0) is 24.1 Å². The van der Waals surface area contributed by atoms with Gasteiger partial charge in [-0.1, -0.05) is 12.1 Å². The molecule has 1 saturated heterocycles. The zero-order valence-electron chi connectivity index (χ0n) is 8.44. The van der Waals surface area contributed by atoms with Crippen LogP contribution in [0.5, 0.6) is 0 Å². The number of benzene rings is 1. The Kier molecular flexibility index (Phi) is 2.87. The second-order valence-electron chi connectivity index (χ2n) is 3.52. The molecule has 4 heteroatoms. The summed E-state index contributed by atoms with van der Waals surface area (Å²) in [5, 5.41) is 11.5. The van der Waals surface area contributed by atoms with E-state index in [1.54, 1.807) is 4.90 Å². The Balaban J connectivity index is 2.12. The Bertz CT molecular complexity index is 348. The molecule has 1 heterocycles. The number of carbonyl (C=O) groups is 1. The number of carbonyl (C=O) groups excluding carboxylic acids is 1. The van der Waals surface area contributed by atoms with Crippen LogP contribution >= 0.6 is 0 Å². The monoisotopic (exact) mass is 206 g/mol. The highest BCUT2D eigenvalue weighted by Crippen LogP contribution is 2.17. The summed E-state index contributed by atoms with van der Waals surface area (Å²) < 4.78 is 0. The Hall–Kier alpha value is -1.55. The largest absolute Gasteiger partial charge is 0.396 e. The van der Waals surface area contributed by atoms with Crippen LogP contribution in [0.4, 0.5) is 10.5 Å². The molecule has 0 spiro atoms. The lowest BCUT2D eigenvalue weighted by Crippen LogP contribution is -2.27. The van der Waals surface area contributed by atoms with Gasteiger partial charge in [0.25, 0.3) is 0 Å². The number of hydrogen-bond donors (Lipinski definition) is 2. The molecule has 1 aromatic rings. The molecular formula is C11H14N2O2. The van der Waals surface area contributed by atoms with Crippen LogP contribution < -0.4 is 10.2 Å². The van der Waals surface area contributed by atoms with Gasteiger partial charge >= 0.3 is 6.03 Å². The van der Waals surface area contributed by atoms with E-state index in [9.17, 15) is 4.79 Å². The van der Waals surface area contributed by atoms with E-state index in [-0.39, 0.29) is 12.6 Å². The van der Waals surface area contributed by atoms with Crippen LogP contribution in [0.15, 0.2) is 24.3 Å². The van der Waals surface area contributed by atoms with E-state index in [0.717, 1.165) is 17.8 Å². The van der Waals surface area contributed by atoms with Crippen molar-refractivity contribution in [1.82, 2.24) is 5.32 Å². The molecule has 1 aliphatic heterocycles. The number of urea groups is 1. The number of nitrogens with zero attached hydrogens (tertiary/aromatic N) is 1. The highest BCUT2D eigenvalue weighted by molar-refractivity contribution is 5.93. The number of rotatable bonds is 3. The van der Waals surface area contributed by atoms with E-state index < -0.39 is 0 Å². The molecule has 0 unspecified atom stereocenters. The summed E-state index contributed by atoms with van der Waals surface area (Å²) in [6.45, 7) is 1.58. The SMILES string of the molecule is O=C1NCCN1c1ccc(CCO)cc1. The first kappa shape index (κ1) is 9.98. The fourth-order valence-electron chi connectivity index (χ4n) is 1.69. The number of aliphatic hydroxyl groups excluding tert-OH is 1. The number of anilines is 1. The maximum Gasteiger partial charge on any atom is 0.321 e. The van der Waals surface area contributed by atoms with Crippen LogP contribution in [0, 0.1) is 0 Å². The van der Waals surface area contributed by atoms with Crippen molar-refractivity contribution < 1.29 is 9.90 Å². The lowest BCUT2D eigenvalue weighted by Gasteiger charge is -2.14. The number of aliphatic hydroxyl groups is 1. The van der Waals surface area contributed by atoms with Gasteiger partial charge in [-0.2, -0.15) is 0 Å². The fourth-order valence-corrected chi connectivity index (χ4v) is 1.69. The summed E-state index contributed by atoms with van der Waals surface area (Å²) in [6, 6.07) is 7.67. The van der Waals surface area contributed by atoms with E-state index in [1.165, 1.54) is 0 Å². The standard InChI is InChI=1S/C11H14N2O2/c14-8-5-9-1-3-10(4-2-9)13-7-6-12-11(13)15/h1-4,14H,5-8H2,(H,12,15). The number of amides is 2. The van der Waals surface area contributed by atoms with Crippen LogP contribution in [0.25, 0.3) is 0 Å². The molecule has 4 nitrogen and oxygen atoms in total. The van der Waals surface area contributed by atoms with Crippen LogP contribution in [-0.2, 0) is 6.42 Å². The zero-order chi connectivity index (χ0) is 10.7. The topological polar surface area (TPSA) is 52.6 Å². The van der Waals surface area contributed by atoms with Crippen molar-refractivity contribution in [2.75, 3.05) is 24.6 Å². The molecule has 0 radical (unpaired) electrons. The molecule has 1 aliphatic rings. The van der Waals surface area contributed by atoms with Gasteiger partial charge in [-0.25, -0.2) is 4.79 Å². The first-order chi connectivity index (χ1) is 7.31. The first-order valence-corrected chi connectivity index (χ1v) is 5.06. The van der Waals surface area contributed by atoms with Crippen LogP contribution in [0.2, 0.25) is 0 Å². The molecule has 15 heavy (non-hydrogen) atoms. The molecule has 2 rings (SSSR count). The molecule has 80 valence electrons. The highest BCUT2D eigenvalue weighted by Gasteiger charge is 2.20. The van der Waals surface area contributed by atoms with Crippen LogP contribution in [-0.4, -0.2) is 30.8 Å².